The maximum absolute atomic E-state index is 13.2. The van der Waals surface area contributed by atoms with Crippen molar-refractivity contribution in [1.82, 2.24) is 10.1 Å². The van der Waals surface area contributed by atoms with Crippen molar-refractivity contribution >= 4 is 5.97 Å². The number of nitrogens with zero attached hydrogens (tertiary/aromatic N) is 2. The van der Waals surface area contributed by atoms with Gasteiger partial charge in [0.15, 0.2) is 0 Å². The van der Waals surface area contributed by atoms with Crippen LogP contribution in [0.25, 0.3) is 11.4 Å². The molecule has 1 aliphatic carbocycles. The van der Waals surface area contributed by atoms with Crippen LogP contribution < -0.4 is 0 Å². The van der Waals surface area contributed by atoms with Crippen molar-refractivity contribution in [2.24, 2.45) is 5.92 Å². The van der Waals surface area contributed by atoms with Crippen molar-refractivity contribution in [3.63, 3.8) is 0 Å². The minimum Gasteiger partial charge on any atom is -0.481 e. The Morgan fingerprint density at radius 1 is 1.53 bits per heavy atom. The van der Waals surface area contributed by atoms with Gasteiger partial charge in [0.25, 0.3) is 0 Å². The average molecular weight is 262 g/mol. The molecule has 0 bridgehead atoms. The molecule has 1 heterocycles. The summed E-state index contributed by atoms with van der Waals surface area (Å²) in [6, 6.07) is 4.54. The zero-order chi connectivity index (χ0) is 13.6. The molecule has 0 radical (unpaired) electrons. The molecule has 2 atom stereocenters. The molecule has 1 saturated carbocycles. The summed E-state index contributed by atoms with van der Waals surface area (Å²) in [4.78, 5) is 15.0. The summed E-state index contributed by atoms with van der Waals surface area (Å²) in [6.07, 6.45) is 0.527. The van der Waals surface area contributed by atoms with Crippen molar-refractivity contribution in [2.75, 3.05) is 0 Å². The number of rotatable bonds is 3. The average Bonchev–Trinajstić information content (AvgIpc) is 3.04. The Kier molecular flexibility index (Phi) is 2.58. The summed E-state index contributed by atoms with van der Waals surface area (Å²) < 4.78 is 18.2. The highest BCUT2D eigenvalue weighted by Gasteiger charge is 2.48. The van der Waals surface area contributed by atoms with Gasteiger partial charge in [0.2, 0.25) is 11.7 Å². The molecule has 2 aromatic rings. The number of halogens is 1. The van der Waals surface area contributed by atoms with Gasteiger partial charge in [-0.1, -0.05) is 5.16 Å². The number of hydrogen-bond acceptors (Lipinski definition) is 4. The van der Waals surface area contributed by atoms with Gasteiger partial charge in [0, 0.05) is 5.56 Å². The Bertz CT molecular complexity index is 653. The van der Waals surface area contributed by atoms with E-state index in [0.29, 0.717) is 29.3 Å². The van der Waals surface area contributed by atoms with Crippen LogP contribution in [0.4, 0.5) is 4.39 Å². The van der Waals surface area contributed by atoms with Crippen molar-refractivity contribution in [3.05, 3.63) is 35.5 Å². The molecular formula is C13H11FN2O3. The molecule has 1 N–H and O–H groups in total. The van der Waals surface area contributed by atoms with Crippen LogP contribution >= 0.6 is 0 Å². The fourth-order valence-electron chi connectivity index (χ4n) is 2.03. The SMILES string of the molecule is Cc1cc(-c2noc(C3CC3C(=O)O)n2)ccc1F. The van der Waals surface area contributed by atoms with E-state index < -0.39 is 11.9 Å². The van der Waals surface area contributed by atoms with Crippen molar-refractivity contribution in [3.8, 4) is 11.4 Å². The zero-order valence-electron chi connectivity index (χ0n) is 10.1. The van der Waals surface area contributed by atoms with E-state index in [1.165, 1.54) is 6.07 Å². The lowest BCUT2D eigenvalue weighted by Crippen LogP contribution is -1.98. The molecule has 19 heavy (non-hydrogen) atoms. The summed E-state index contributed by atoms with van der Waals surface area (Å²) in [5.74, 6) is -1.06. The predicted octanol–water partition coefficient (Wildman–Crippen LogP) is 2.37. The summed E-state index contributed by atoms with van der Waals surface area (Å²) in [5.41, 5.74) is 1.15. The van der Waals surface area contributed by atoms with E-state index >= 15 is 0 Å². The number of benzene rings is 1. The van der Waals surface area contributed by atoms with Crippen molar-refractivity contribution in [2.45, 2.75) is 19.3 Å². The van der Waals surface area contributed by atoms with Gasteiger partial charge in [0.1, 0.15) is 5.82 Å². The largest absolute Gasteiger partial charge is 0.481 e. The van der Waals surface area contributed by atoms with Crippen LogP contribution in [-0.2, 0) is 4.79 Å². The third kappa shape index (κ3) is 2.09. The van der Waals surface area contributed by atoms with E-state index in [2.05, 4.69) is 10.1 Å². The standard InChI is InChI=1S/C13H11FN2O3/c1-6-4-7(2-3-10(6)14)11-15-12(19-16-11)8-5-9(8)13(17)18/h2-4,8-9H,5H2,1H3,(H,17,18). The van der Waals surface area contributed by atoms with Gasteiger partial charge in [-0.05, 0) is 37.1 Å². The summed E-state index contributed by atoms with van der Waals surface area (Å²) in [7, 11) is 0. The van der Waals surface area contributed by atoms with Gasteiger partial charge < -0.3 is 9.63 Å². The van der Waals surface area contributed by atoms with E-state index in [9.17, 15) is 9.18 Å². The topological polar surface area (TPSA) is 76.2 Å². The summed E-state index contributed by atoms with van der Waals surface area (Å²) in [6.45, 7) is 1.65. The van der Waals surface area contributed by atoms with Gasteiger partial charge >= 0.3 is 5.97 Å². The van der Waals surface area contributed by atoms with Crippen molar-refractivity contribution < 1.29 is 18.8 Å². The van der Waals surface area contributed by atoms with Gasteiger partial charge in [-0.2, -0.15) is 4.98 Å². The number of aryl methyl sites for hydroxylation is 1. The smallest absolute Gasteiger partial charge is 0.307 e. The highest BCUT2D eigenvalue weighted by atomic mass is 19.1. The molecular weight excluding hydrogens is 251 g/mol. The molecule has 0 amide bonds. The maximum Gasteiger partial charge on any atom is 0.307 e. The fraction of sp³-hybridized carbons (Fsp3) is 0.308. The Morgan fingerprint density at radius 3 is 2.95 bits per heavy atom. The van der Waals surface area contributed by atoms with E-state index in [4.69, 9.17) is 9.63 Å². The molecule has 6 heteroatoms. The quantitative estimate of drug-likeness (QED) is 0.918. The number of hydrogen-bond donors (Lipinski definition) is 1. The molecule has 3 rings (SSSR count). The molecule has 0 aliphatic heterocycles. The number of carboxylic acids is 1. The molecule has 0 spiro atoms. The first-order chi connectivity index (χ1) is 9.06. The monoisotopic (exact) mass is 262 g/mol. The Morgan fingerprint density at radius 2 is 2.32 bits per heavy atom. The number of carboxylic acid groups (broad SMARTS) is 1. The highest BCUT2D eigenvalue weighted by molar-refractivity contribution is 5.74. The molecule has 98 valence electrons. The molecule has 0 saturated heterocycles. The molecule has 1 aromatic carbocycles. The first-order valence-corrected chi connectivity index (χ1v) is 5.89. The lowest BCUT2D eigenvalue weighted by Gasteiger charge is -1.97. The van der Waals surface area contributed by atoms with Crippen LogP contribution in [0.2, 0.25) is 0 Å². The second-order valence-corrected chi connectivity index (χ2v) is 4.71. The van der Waals surface area contributed by atoms with Crippen LogP contribution in [0, 0.1) is 18.7 Å². The van der Waals surface area contributed by atoms with E-state index in [-0.39, 0.29) is 11.7 Å². The summed E-state index contributed by atoms with van der Waals surface area (Å²) >= 11 is 0. The molecule has 1 aromatic heterocycles. The Balaban J connectivity index is 1.85. The number of aromatic nitrogens is 2. The van der Waals surface area contributed by atoms with Crippen LogP contribution in [-0.4, -0.2) is 21.2 Å². The van der Waals surface area contributed by atoms with Gasteiger partial charge in [-0.25, -0.2) is 4.39 Å². The van der Waals surface area contributed by atoms with Crippen molar-refractivity contribution in [1.29, 1.82) is 0 Å². The van der Waals surface area contributed by atoms with Crippen LogP contribution in [0.3, 0.4) is 0 Å². The zero-order valence-corrected chi connectivity index (χ0v) is 10.1. The van der Waals surface area contributed by atoms with Crippen LogP contribution in [0.15, 0.2) is 22.7 Å². The molecule has 5 nitrogen and oxygen atoms in total. The second kappa shape index (κ2) is 4.15. The molecule has 2 unspecified atom stereocenters. The maximum atomic E-state index is 13.2. The normalized spacial score (nSPS) is 21.4. The van der Waals surface area contributed by atoms with Gasteiger partial charge in [-0.15, -0.1) is 0 Å². The van der Waals surface area contributed by atoms with Crippen LogP contribution in [0.5, 0.6) is 0 Å². The third-order valence-electron chi connectivity index (χ3n) is 3.28. The fourth-order valence-corrected chi connectivity index (χ4v) is 2.03. The lowest BCUT2D eigenvalue weighted by molar-refractivity contribution is -0.138. The van der Waals surface area contributed by atoms with E-state index in [1.54, 1.807) is 19.1 Å². The van der Waals surface area contributed by atoms with Crippen LogP contribution in [0.1, 0.15) is 23.8 Å². The number of carbonyl (C=O) groups is 1. The summed E-state index contributed by atoms with van der Waals surface area (Å²) in [5, 5.41) is 12.7. The molecule has 1 fully saturated rings. The second-order valence-electron chi connectivity index (χ2n) is 4.71. The van der Waals surface area contributed by atoms with Gasteiger partial charge in [-0.3, -0.25) is 4.79 Å². The third-order valence-corrected chi connectivity index (χ3v) is 3.28. The highest BCUT2D eigenvalue weighted by Crippen LogP contribution is 2.47. The first-order valence-electron chi connectivity index (χ1n) is 5.89. The Labute approximate surface area is 108 Å². The predicted molar refractivity (Wildman–Crippen MR) is 62.9 cm³/mol. The lowest BCUT2D eigenvalue weighted by atomic mass is 10.1. The molecule has 1 aliphatic rings. The minimum absolute atomic E-state index is 0.194. The first kappa shape index (κ1) is 11.8. The van der Waals surface area contributed by atoms with E-state index in [1.807, 2.05) is 0 Å². The number of aliphatic carboxylic acids is 1. The Hall–Kier alpha value is -2.24. The minimum atomic E-state index is -0.845. The van der Waals surface area contributed by atoms with Gasteiger partial charge in [0.05, 0.1) is 11.8 Å². The van der Waals surface area contributed by atoms with E-state index in [0.717, 1.165) is 0 Å².